The van der Waals surface area contributed by atoms with E-state index in [4.69, 9.17) is 0 Å². The molecule has 0 saturated heterocycles. The first-order valence-electron chi connectivity index (χ1n) is 5.84. The number of carbonyl (C=O) groups is 1. The number of thiophene rings is 1. The maximum atomic E-state index is 12.1. The summed E-state index contributed by atoms with van der Waals surface area (Å²) in [5, 5.41) is 12.5. The third-order valence-corrected chi connectivity index (χ3v) is 4.91. The third-order valence-electron chi connectivity index (χ3n) is 3.29. The Morgan fingerprint density at radius 1 is 1.41 bits per heavy atom. The lowest BCUT2D eigenvalue weighted by atomic mass is 9.82. The lowest BCUT2D eigenvalue weighted by Gasteiger charge is -2.36. The van der Waals surface area contributed by atoms with Gasteiger partial charge in [0.2, 0.25) is 0 Å². The molecule has 0 atom stereocenters. The Morgan fingerprint density at radius 2 is 2.12 bits per heavy atom. The molecule has 0 aliphatic heterocycles. The van der Waals surface area contributed by atoms with Gasteiger partial charge in [0.25, 0.3) is 5.91 Å². The molecule has 0 spiro atoms. The Balaban J connectivity index is 2.05. The summed E-state index contributed by atoms with van der Waals surface area (Å²) in [5.41, 5.74) is -0.397. The number of nitrogens with one attached hydrogen (secondary N) is 1. The number of rotatable bonds is 3. The van der Waals surface area contributed by atoms with Gasteiger partial charge in [-0.25, -0.2) is 0 Å². The number of aliphatic hydroxyl groups excluding tert-OH is 1. The zero-order valence-electron chi connectivity index (χ0n) is 9.54. The maximum Gasteiger partial charge on any atom is 0.261 e. The molecule has 1 amide bonds. The van der Waals surface area contributed by atoms with E-state index in [-0.39, 0.29) is 12.5 Å². The fourth-order valence-corrected chi connectivity index (χ4v) is 3.57. The van der Waals surface area contributed by atoms with Crippen molar-refractivity contribution in [2.75, 3.05) is 6.61 Å². The summed E-state index contributed by atoms with van der Waals surface area (Å²) < 4.78 is 0.948. The van der Waals surface area contributed by atoms with Gasteiger partial charge in [0.05, 0.1) is 20.8 Å². The third kappa shape index (κ3) is 3.09. The molecule has 3 nitrogen and oxygen atoms in total. The van der Waals surface area contributed by atoms with Gasteiger partial charge in [-0.1, -0.05) is 19.3 Å². The monoisotopic (exact) mass is 317 g/mol. The van der Waals surface area contributed by atoms with Crippen LogP contribution in [-0.4, -0.2) is 23.2 Å². The van der Waals surface area contributed by atoms with Gasteiger partial charge in [-0.2, -0.15) is 0 Å². The zero-order valence-corrected chi connectivity index (χ0v) is 11.9. The Bertz CT molecular complexity index is 399. The topological polar surface area (TPSA) is 49.3 Å². The van der Waals surface area contributed by atoms with Crippen LogP contribution >= 0.6 is 27.3 Å². The van der Waals surface area contributed by atoms with Crippen molar-refractivity contribution in [2.45, 2.75) is 37.6 Å². The van der Waals surface area contributed by atoms with Crippen LogP contribution in [0.5, 0.6) is 0 Å². The van der Waals surface area contributed by atoms with Crippen LogP contribution in [0.15, 0.2) is 15.9 Å². The Hall–Kier alpha value is -0.390. The molecule has 1 aliphatic rings. The lowest BCUT2D eigenvalue weighted by molar-refractivity contribution is 0.0762. The first-order valence-corrected chi connectivity index (χ1v) is 7.45. The lowest BCUT2D eigenvalue weighted by Crippen LogP contribution is -2.52. The van der Waals surface area contributed by atoms with E-state index in [1.807, 2.05) is 6.07 Å². The van der Waals surface area contributed by atoms with E-state index < -0.39 is 5.54 Å². The highest BCUT2D eigenvalue weighted by Crippen LogP contribution is 2.29. The number of halogens is 1. The van der Waals surface area contributed by atoms with Crippen molar-refractivity contribution in [3.05, 3.63) is 20.8 Å². The van der Waals surface area contributed by atoms with Crippen molar-refractivity contribution < 1.29 is 9.90 Å². The average Bonchev–Trinajstić information content (AvgIpc) is 2.77. The summed E-state index contributed by atoms with van der Waals surface area (Å²) in [7, 11) is 0. The van der Waals surface area contributed by atoms with Gasteiger partial charge in [0.1, 0.15) is 0 Å². The predicted octanol–water partition coefficient (Wildman–Crippen LogP) is 2.94. The normalized spacial score (nSPS) is 18.9. The minimum absolute atomic E-state index is 0.0330. The van der Waals surface area contributed by atoms with Gasteiger partial charge in [-0.15, -0.1) is 11.3 Å². The molecule has 1 aromatic rings. The molecule has 1 aliphatic carbocycles. The Morgan fingerprint density at radius 3 is 2.65 bits per heavy atom. The highest BCUT2D eigenvalue weighted by Gasteiger charge is 2.33. The van der Waals surface area contributed by atoms with Gasteiger partial charge in [-0.3, -0.25) is 4.79 Å². The summed E-state index contributed by atoms with van der Waals surface area (Å²) in [6.07, 6.45) is 5.11. The van der Waals surface area contributed by atoms with E-state index in [1.165, 1.54) is 17.8 Å². The number of aliphatic hydroxyl groups is 1. The van der Waals surface area contributed by atoms with Crippen LogP contribution in [0, 0.1) is 0 Å². The minimum Gasteiger partial charge on any atom is -0.394 e. The molecule has 1 heterocycles. The van der Waals surface area contributed by atoms with E-state index in [0.29, 0.717) is 4.88 Å². The van der Waals surface area contributed by atoms with Crippen molar-refractivity contribution in [1.29, 1.82) is 0 Å². The van der Waals surface area contributed by atoms with Crippen molar-refractivity contribution in [3.63, 3.8) is 0 Å². The molecule has 1 aromatic heterocycles. The summed E-state index contributed by atoms with van der Waals surface area (Å²) in [4.78, 5) is 12.7. The molecule has 0 bridgehead atoms. The van der Waals surface area contributed by atoms with Crippen LogP contribution in [-0.2, 0) is 0 Å². The summed E-state index contributed by atoms with van der Waals surface area (Å²) >= 11 is 4.76. The van der Waals surface area contributed by atoms with Gasteiger partial charge in [0.15, 0.2) is 0 Å². The van der Waals surface area contributed by atoms with E-state index in [2.05, 4.69) is 21.2 Å². The van der Waals surface area contributed by atoms with Crippen LogP contribution in [0.3, 0.4) is 0 Å². The molecule has 5 heteroatoms. The second kappa shape index (κ2) is 5.50. The van der Waals surface area contributed by atoms with Crippen molar-refractivity contribution >= 4 is 33.2 Å². The summed E-state index contributed by atoms with van der Waals surface area (Å²) in [6.45, 7) is 0.0330. The van der Waals surface area contributed by atoms with Crippen LogP contribution in [0.4, 0.5) is 0 Å². The smallest absolute Gasteiger partial charge is 0.261 e. The van der Waals surface area contributed by atoms with Crippen LogP contribution in [0.1, 0.15) is 41.8 Å². The maximum absolute atomic E-state index is 12.1. The van der Waals surface area contributed by atoms with E-state index in [9.17, 15) is 9.90 Å². The molecule has 2 N–H and O–H groups in total. The zero-order chi connectivity index (χ0) is 12.3. The molecular weight excluding hydrogens is 302 g/mol. The quantitative estimate of drug-likeness (QED) is 0.900. The molecule has 94 valence electrons. The highest BCUT2D eigenvalue weighted by atomic mass is 79.9. The highest BCUT2D eigenvalue weighted by molar-refractivity contribution is 9.11. The van der Waals surface area contributed by atoms with Crippen molar-refractivity contribution in [3.8, 4) is 0 Å². The second-order valence-electron chi connectivity index (χ2n) is 4.56. The summed E-state index contributed by atoms with van der Waals surface area (Å²) in [5.74, 6) is -0.0725. The number of amides is 1. The first-order chi connectivity index (χ1) is 8.15. The SMILES string of the molecule is O=C(NC1(CO)CCCCC1)c1ccc(Br)s1. The van der Waals surface area contributed by atoms with Gasteiger partial charge in [0, 0.05) is 0 Å². The number of hydrogen-bond donors (Lipinski definition) is 2. The van der Waals surface area contributed by atoms with Crippen LogP contribution in [0.2, 0.25) is 0 Å². The molecule has 0 unspecified atom stereocenters. The molecule has 1 saturated carbocycles. The van der Waals surface area contributed by atoms with Crippen molar-refractivity contribution in [1.82, 2.24) is 5.32 Å². The number of carbonyl (C=O) groups excluding carboxylic acids is 1. The first kappa shape index (κ1) is 13.1. The molecular formula is C12H16BrNO2S. The van der Waals surface area contributed by atoms with Gasteiger partial charge in [-0.05, 0) is 40.9 Å². The predicted molar refractivity (Wildman–Crippen MR) is 72.4 cm³/mol. The van der Waals surface area contributed by atoms with E-state index >= 15 is 0 Å². The Kier molecular flexibility index (Phi) is 4.22. The summed E-state index contributed by atoms with van der Waals surface area (Å²) in [6, 6.07) is 3.67. The van der Waals surface area contributed by atoms with Gasteiger partial charge < -0.3 is 10.4 Å². The number of hydrogen-bond acceptors (Lipinski definition) is 3. The Labute approximate surface area is 113 Å². The average molecular weight is 318 g/mol. The van der Waals surface area contributed by atoms with E-state index in [0.717, 1.165) is 29.5 Å². The van der Waals surface area contributed by atoms with E-state index in [1.54, 1.807) is 6.07 Å². The standard InChI is InChI=1S/C12H16BrNO2S/c13-10-5-4-9(17-10)11(16)14-12(8-15)6-2-1-3-7-12/h4-5,15H,1-3,6-8H2,(H,14,16). The molecule has 17 heavy (non-hydrogen) atoms. The van der Waals surface area contributed by atoms with Crippen molar-refractivity contribution in [2.24, 2.45) is 0 Å². The second-order valence-corrected chi connectivity index (χ2v) is 7.02. The van der Waals surface area contributed by atoms with Gasteiger partial charge >= 0.3 is 0 Å². The molecule has 0 radical (unpaired) electrons. The molecule has 2 rings (SSSR count). The molecule has 1 fully saturated rings. The van der Waals surface area contributed by atoms with Crippen LogP contribution < -0.4 is 5.32 Å². The molecule has 0 aromatic carbocycles. The largest absolute Gasteiger partial charge is 0.394 e. The fourth-order valence-electron chi connectivity index (χ4n) is 2.29. The minimum atomic E-state index is -0.397. The fraction of sp³-hybridized carbons (Fsp3) is 0.583. The van der Waals surface area contributed by atoms with Crippen LogP contribution in [0.25, 0.3) is 0 Å².